The van der Waals surface area contributed by atoms with E-state index in [1.54, 1.807) is 17.6 Å². The maximum absolute atomic E-state index is 12.2. The third-order valence-corrected chi connectivity index (χ3v) is 5.54. The third kappa shape index (κ3) is 3.51. The Kier molecular flexibility index (Phi) is 4.23. The molecule has 1 saturated carbocycles. The molecule has 23 heavy (non-hydrogen) atoms. The van der Waals surface area contributed by atoms with Gasteiger partial charge in [-0.1, -0.05) is 0 Å². The molecule has 4 rings (SSSR count). The highest BCUT2D eigenvalue weighted by atomic mass is 32.1. The SMILES string of the molecule is O=C(OC1CCN(Cc2ccsc2)CC1)C1CC1c1ccco1. The van der Waals surface area contributed by atoms with E-state index in [-0.39, 0.29) is 23.9 Å². The van der Waals surface area contributed by atoms with Crippen LogP contribution in [-0.4, -0.2) is 30.1 Å². The van der Waals surface area contributed by atoms with Gasteiger partial charge >= 0.3 is 5.97 Å². The number of esters is 1. The molecule has 2 fully saturated rings. The van der Waals surface area contributed by atoms with E-state index >= 15 is 0 Å². The van der Waals surface area contributed by atoms with Crippen molar-refractivity contribution >= 4 is 17.3 Å². The van der Waals surface area contributed by atoms with Crippen LogP contribution in [0, 0.1) is 5.92 Å². The van der Waals surface area contributed by atoms with Gasteiger partial charge in [-0.3, -0.25) is 9.69 Å². The normalized spacial score (nSPS) is 25.4. The van der Waals surface area contributed by atoms with Crippen LogP contribution in [-0.2, 0) is 16.1 Å². The molecule has 0 N–H and O–H groups in total. The van der Waals surface area contributed by atoms with E-state index in [0.717, 1.165) is 44.7 Å². The summed E-state index contributed by atoms with van der Waals surface area (Å²) in [6.07, 6.45) is 4.49. The maximum Gasteiger partial charge on any atom is 0.309 e. The summed E-state index contributed by atoms with van der Waals surface area (Å²) in [6.45, 7) is 3.01. The number of likely N-dealkylation sites (tertiary alicyclic amines) is 1. The van der Waals surface area contributed by atoms with Crippen molar-refractivity contribution in [2.45, 2.75) is 37.8 Å². The fraction of sp³-hybridized carbons (Fsp3) is 0.500. The molecule has 0 amide bonds. The summed E-state index contributed by atoms with van der Waals surface area (Å²) >= 11 is 1.74. The number of carbonyl (C=O) groups is 1. The molecule has 2 atom stereocenters. The van der Waals surface area contributed by atoms with E-state index in [2.05, 4.69) is 21.7 Å². The lowest BCUT2D eigenvalue weighted by molar-refractivity contribution is -0.153. The van der Waals surface area contributed by atoms with Gasteiger partial charge in [0.2, 0.25) is 0 Å². The number of carbonyl (C=O) groups excluding carboxylic acids is 1. The zero-order chi connectivity index (χ0) is 15.6. The van der Waals surface area contributed by atoms with E-state index in [1.165, 1.54) is 5.56 Å². The fourth-order valence-electron chi connectivity index (χ4n) is 3.35. The number of nitrogens with zero attached hydrogens (tertiary/aromatic N) is 1. The molecule has 122 valence electrons. The molecule has 0 aromatic carbocycles. The Balaban J connectivity index is 1.22. The van der Waals surface area contributed by atoms with Crippen LogP contribution in [0.2, 0.25) is 0 Å². The van der Waals surface area contributed by atoms with Gasteiger partial charge in [-0.25, -0.2) is 0 Å². The number of piperidine rings is 1. The second-order valence-electron chi connectivity index (χ2n) is 6.51. The molecule has 4 nitrogen and oxygen atoms in total. The Morgan fingerprint density at radius 3 is 2.91 bits per heavy atom. The molecule has 2 aromatic heterocycles. The number of hydrogen-bond acceptors (Lipinski definition) is 5. The van der Waals surface area contributed by atoms with Crippen LogP contribution in [0.5, 0.6) is 0 Å². The van der Waals surface area contributed by atoms with E-state index in [9.17, 15) is 4.79 Å². The van der Waals surface area contributed by atoms with Crippen LogP contribution in [0.15, 0.2) is 39.6 Å². The number of rotatable bonds is 5. The van der Waals surface area contributed by atoms with Gasteiger partial charge in [-0.15, -0.1) is 0 Å². The third-order valence-electron chi connectivity index (χ3n) is 4.81. The average Bonchev–Trinajstić information content (AvgIpc) is 2.97. The van der Waals surface area contributed by atoms with Gasteiger partial charge in [-0.05, 0) is 53.8 Å². The van der Waals surface area contributed by atoms with Gasteiger partial charge in [-0.2, -0.15) is 11.3 Å². The highest BCUT2D eigenvalue weighted by Gasteiger charge is 2.47. The Bertz CT molecular complexity index is 629. The average molecular weight is 331 g/mol. The molecule has 0 radical (unpaired) electrons. The molecular weight excluding hydrogens is 310 g/mol. The van der Waals surface area contributed by atoms with Crippen molar-refractivity contribution in [3.8, 4) is 0 Å². The van der Waals surface area contributed by atoms with Crippen LogP contribution >= 0.6 is 11.3 Å². The molecule has 5 heteroatoms. The molecule has 2 aliphatic rings. The Morgan fingerprint density at radius 1 is 1.35 bits per heavy atom. The van der Waals surface area contributed by atoms with Gasteiger partial charge in [0.25, 0.3) is 0 Å². The van der Waals surface area contributed by atoms with Crippen molar-refractivity contribution in [3.05, 3.63) is 46.5 Å². The molecule has 3 heterocycles. The predicted octanol–water partition coefficient (Wildman–Crippen LogP) is 3.65. The molecule has 0 spiro atoms. The first kappa shape index (κ1) is 15.0. The first-order valence-electron chi connectivity index (χ1n) is 8.27. The summed E-state index contributed by atoms with van der Waals surface area (Å²) in [7, 11) is 0. The monoisotopic (exact) mass is 331 g/mol. The predicted molar refractivity (Wildman–Crippen MR) is 88.3 cm³/mol. The minimum Gasteiger partial charge on any atom is -0.469 e. The summed E-state index contributed by atoms with van der Waals surface area (Å²) in [4.78, 5) is 14.7. The topological polar surface area (TPSA) is 42.7 Å². The van der Waals surface area contributed by atoms with Gasteiger partial charge in [0.05, 0.1) is 12.2 Å². The second kappa shape index (κ2) is 6.49. The van der Waals surface area contributed by atoms with Crippen molar-refractivity contribution in [3.63, 3.8) is 0 Å². The van der Waals surface area contributed by atoms with Crippen LogP contribution in [0.25, 0.3) is 0 Å². The van der Waals surface area contributed by atoms with Crippen molar-refractivity contribution in [1.82, 2.24) is 4.90 Å². The summed E-state index contributed by atoms with van der Waals surface area (Å²) < 4.78 is 11.1. The molecule has 1 aliphatic carbocycles. The van der Waals surface area contributed by atoms with Gasteiger partial charge in [0.15, 0.2) is 0 Å². The van der Waals surface area contributed by atoms with Gasteiger partial charge < -0.3 is 9.15 Å². The van der Waals surface area contributed by atoms with E-state index < -0.39 is 0 Å². The molecule has 0 bridgehead atoms. The quantitative estimate of drug-likeness (QED) is 0.784. The highest BCUT2D eigenvalue weighted by Crippen LogP contribution is 2.48. The Hall–Kier alpha value is -1.59. The smallest absolute Gasteiger partial charge is 0.309 e. The van der Waals surface area contributed by atoms with Crippen LogP contribution < -0.4 is 0 Å². The van der Waals surface area contributed by atoms with Crippen molar-refractivity contribution < 1.29 is 13.9 Å². The number of ether oxygens (including phenoxy) is 1. The first-order chi connectivity index (χ1) is 11.3. The summed E-state index contributed by atoms with van der Waals surface area (Å²) in [5.41, 5.74) is 1.38. The van der Waals surface area contributed by atoms with Crippen LogP contribution in [0.1, 0.15) is 36.5 Å². The lowest BCUT2D eigenvalue weighted by Gasteiger charge is -2.31. The van der Waals surface area contributed by atoms with Crippen LogP contribution in [0.4, 0.5) is 0 Å². The second-order valence-corrected chi connectivity index (χ2v) is 7.29. The fourth-order valence-corrected chi connectivity index (χ4v) is 4.01. The Morgan fingerprint density at radius 2 is 2.22 bits per heavy atom. The first-order valence-corrected chi connectivity index (χ1v) is 9.21. The zero-order valence-corrected chi connectivity index (χ0v) is 13.8. The zero-order valence-electron chi connectivity index (χ0n) is 13.0. The van der Waals surface area contributed by atoms with Gasteiger partial charge in [0, 0.05) is 25.6 Å². The summed E-state index contributed by atoms with van der Waals surface area (Å²) in [5, 5.41) is 4.32. The Labute approximate surface area is 140 Å². The van der Waals surface area contributed by atoms with Crippen molar-refractivity contribution in [1.29, 1.82) is 0 Å². The minimum atomic E-state index is -0.0392. The van der Waals surface area contributed by atoms with E-state index in [1.807, 2.05) is 12.1 Å². The van der Waals surface area contributed by atoms with Crippen molar-refractivity contribution in [2.24, 2.45) is 5.92 Å². The summed E-state index contributed by atoms with van der Waals surface area (Å²) in [6, 6.07) is 6.00. The molecule has 2 aromatic rings. The summed E-state index contributed by atoms with van der Waals surface area (Å²) in [5.74, 6) is 1.11. The minimum absolute atomic E-state index is 0.00462. The van der Waals surface area contributed by atoms with Crippen molar-refractivity contribution in [2.75, 3.05) is 13.1 Å². The maximum atomic E-state index is 12.2. The van der Waals surface area contributed by atoms with Crippen LogP contribution in [0.3, 0.4) is 0 Å². The molecular formula is C18H21NO3S. The van der Waals surface area contributed by atoms with Gasteiger partial charge in [0.1, 0.15) is 11.9 Å². The number of furan rings is 1. The lowest BCUT2D eigenvalue weighted by Crippen LogP contribution is -2.37. The van der Waals surface area contributed by atoms with E-state index in [0.29, 0.717) is 0 Å². The number of thiophene rings is 1. The lowest BCUT2D eigenvalue weighted by atomic mass is 10.1. The molecule has 2 unspecified atom stereocenters. The van der Waals surface area contributed by atoms with E-state index in [4.69, 9.17) is 9.15 Å². The number of hydrogen-bond donors (Lipinski definition) is 0. The molecule has 1 saturated heterocycles. The molecule has 1 aliphatic heterocycles. The standard InChI is InChI=1S/C18H21NO3S/c20-18(16-10-15(16)17-2-1-8-21-17)22-14-3-6-19(7-4-14)11-13-5-9-23-12-13/h1-2,5,8-9,12,14-16H,3-4,6-7,10-11H2. The largest absolute Gasteiger partial charge is 0.469 e. The highest BCUT2D eigenvalue weighted by molar-refractivity contribution is 7.07.